The summed E-state index contributed by atoms with van der Waals surface area (Å²) in [5, 5.41) is 6.70. The van der Waals surface area contributed by atoms with E-state index in [0.29, 0.717) is 18.4 Å². The molecule has 7 heteroatoms. The van der Waals surface area contributed by atoms with Crippen molar-refractivity contribution in [2.24, 2.45) is 18.9 Å². The normalized spacial score (nSPS) is 19.5. The van der Waals surface area contributed by atoms with Crippen molar-refractivity contribution in [2.45, 2.75) is 33.1 Å². The highest BCUT2D eigenvalue weighted by molar-refractivity contribution is 5.92. The van der Waals surface area contributed by atoms with Crippen LogP contribution in [0.15, 0.2) is 6.07 Å². The number of hydrogen-bond donors (Lipinski definition) is 1. The van der Waals surface area contributed by atoms with Crippen molar-refractivity contribution in [3.05, 3.63) is 17.5 Å². The van der Waals surface area contributed by atoms with Crippen molar-refractivity contribution in [1.82, 2.24) is 20.0 Å². The molecule has 1 N–H and O–H groups in total. The molecule has 0 aliphatic carbocycles. The van der Waals surface area contributed by atoms with Crippen LogP contribution >= 0.6 is 0 Å². The molecule has 1 amide bonds. The Morgan fingerprint density at radius 1 is 1.48 bits per heavy atom. The zero-order chi connectivity index (χ0) is 17.0. The Bertz CT molecular complexity index is 530. The first-order chi connectivity index (χ1) is 10.9. The Labute approximate surface area is 136 Å². The highest BCUT2D eigenvalue weighted by atomic mass is 19.3. The number of rotatable bonds is 6. The van der Waals surface area contributed by atoms with Gasteiger partial charge in [-0.15, -0.1) is 0 Å². The molecule has 1 fully saturated rings. The van der Waals surface area contributed by atoms with Gasteiger partial charge in [-0.2, -0.15) is 5.10 Å². The molecule has 2 rings (SSSR count). The van der Waals surface area contributed by atoms with Gasteiger partial charge in [0.1, 0.15) is 5.69 Å². The van der Waals surface area contributed by atoms with E-state index in [0.717, 1.165) is 43.2 Å². The average Bonchev–Trinajstić information content (AvgIpc) is 2.87. The Morgan fingerprint density at radius 3 is 2.83 bits per heavy atom. The monoisotopic (exact) mass is 328 g/mol. The van der Waals surface area contributed by atoms with Crippen molar-refractivity contribution in [3.8, 4) is 0 Å². The van der Waals surface area contributed by atoms with Gasteiger partial charge < -0.3 is 10.2 Å². The Balaban J connectivity index is 1.85. The first kappa shape index (κ1) is 17.8. The predicted molar refractivity (Wildman–Crippen MR) is 84.5 cm³/mol. The molecule has 2 heterocycles. The fourth-order valence-electron chi connectivity index (χ4n) is 3.12. The second-order valence-corrected chi connectivity index (χ2v) is 6.75. The third kappa shape index (κ3) is 4.99. The maximum absolute atomic E-state index is 12.7. The topological polar surface area (TPSA) is 50.2 Å². The van der Waals surface area contributed by atoms with Gasteiger partial charge >= 0.3 is 0 Å². The fraction of sp³-hybridized carbons (Fsp3) is 0.750. The first-order valence-corrected chi connectivity index (χ1v) is 8.19. The van der Waals surface area contributed by atoms with Crippen LogP contribution in [-0.4, -0.2) is 46.8 Å². The molecule has 1 aliphatic heterocycles. The number of nitrogens with zero attached hydrogens (tertiary/aromatic N) is 3. The van der Waals surface area contributed by atoms with Crippen molar-refractivity contribution < 1.29 is 13.6 Å². The molecule has 1 unspecified atom stereocenters. The molecule has 1 aromatic rings. The summed E-state index contributed by atoms with van der Waals surface area (Å²) in [4.78, 5) is 14.5. The third-order valence-electron chi connectivity index (χ3n) is 4.15. The second kappa shape index (κ2) is 7.86. The van der Waals surface area contributed by atoms with Gasteiger partial charge in [0, 0.05) is 26.7 Å². The molecule has 0 spiro atoms. The third-order valence-corrected chi connectivity index (χ3v) is 4.15. The fourth-order valence-corrected chi connectivity index (χ4v) is 3.12. The second-order valence-electron chi connectivity index (χ2n) is 6.75. The molecule has 0 radical (unpaired) electrons. The summed E-state index contributed by atoms with van der Waals surface area (Å²) in [5.41, 5.74) is -0.187. The van der Waals surface area contributed by atoms with Gasteiger partial charge in [-0.05, 0) is 37.3 Å². The quantitative estimate of drug-likeness (QED) is 0.873. The van der Waals surface area contributed by atoms with E-state index in [4.69, 9.17) is 0 Å². The summed E-state index contributed by atoms with van der Waals surface area (Å²) < 4.78 is 26.5. The van der Waals surface area contributed by atoms with E-state index >= 15 is 0 Å². The Kier molecular flexibility index (Phi) is 6.10. The highest BCUT2D eigenvalue weighted by Crippen LogP contribution is 2.19. The maximum atomic E-state index is 12.7. The van der Waals surface area contributed by atoms with Crippen LogP contribution < -0.4 is 5.32 Å². The van der Waals surface area contributed by atoms with Gasteiger partial charge in [0.25, 0.3) is 12.3 Å². The number of alkyl halides is 2. The maximum Gasteiger partial charge on any atom is 0.280 e. The number of aromatic nitrogens is 2. The molecule has 0 saturated carbocycles. The number of likely N-dealkylation sites (tertiary alicyclic amines) is 1. The highest BCUT2D eigenvalue weighted by Gasteiger charge is 2.22. The minimum absolute atomic E-state index is 0.0534. The van der Waals surface area contributed by atoms with E-state index < -0.39 is 6.43 Å². The summed E-state index contributed by atoms with van der Waals surface area (Å²) in [5.74, 6) is 0.655. The van der Waals surface area contributed by atoms with E-state index in [2.05, 4.69) is 29.2 Å². The lowest BCUT2D eigenvalue weighted by Crippen LogP contribution is -2.42. The number of amides is 1. The van der Waals surface area contributed by atoms with Crippen LogP contribution in [0.3, 0.4) is 0 Å². The van der Waals surface area contributed by atoms with Crippen molar-refractivity contribution in [1.29, 1.82) is 0 Å². The largest absolute Gasteiger partial charge is 0.350 e. The summed E-state index contributed by atoms with van der Waals surface area (Å²) in [6.45, 7) is 8.13. The molecule has 0 aromatic carbocycles. The number of aryl methyl sites for hydroxylation is 1. The van der Waals surface area contributed by atoms with Gasteiger partial charge in [-0.25, -0.2) is 8.78 Å². The van der Waals surface area contributed by atoms with E-state index in [9.17, 15) is 13.6 Å². The lowest BCUT2D eigenvalue weighted by atomic mass is 9.97. The van der Waals surface area contributed by atoms with Gasteiger partial charge in [-0.1, -0.05) is 13.8 Å². The van der Waals surface area contributed by atoms with Crippen LogP contribution in [-0.2, 0) is 7.05 Å². The zero-order valence-corrected chi connectivity index (χ0v) is 14.1. The van der Waals surface area contributed by atoms with E-state index in [1.807, 2.05) is 0 Å². The molecule has 1 aromatic heterocycles. The van der Waals surface area contributed by atoms with Crippen molar-refractivity contribution in [3.63, 3.8) is 0 Å². The SMILES string of the molecule is CC(C)CN1CCCC(CNC(=O)c2cc(C(F)F)n(C)n2)C1. The van der Waals surface area contributed by atoms with Crippen LogP contribution in [0, 0.1) is 11.8 Å². The lowest BCUT2D eigenvalue weighted by molar-refractivity contribution is 0.0923. The lowest BCUT2D eigenvalue weighted by Gasteiger charge is -2.33. The molecular weight excluding hydrogens is 302 g/mol. The Hall–Kier alpha value is -1.50. The number of halogens is 2. The van der Waals surface area contributed by atoms with Crippen LogP contribution in [0.25, 0.3) is 0 Å². The number of carbonyl (C=O) groups excluding carboxylic acids is 1. The van der Waals surface area contributed by atoms with Gasteiger partial charge in [0.15, 0.2) is 5.69 Å². The summed E-state index contributed by atoms with van der Waals surface area (Å²) in [6.07, 6.45) is -0.414. The molecule has 1 atom stereocenters. The first-order valence-electron chi connectivity index (χ1n) is 8.19. The van der Waals surface area contributed by atoms with E-state index in [-0.39, 0.29) is 17.3 Å². The molecule has 1 saturated heterocycles. The van der Waals surface area contributed by atoms with Crippen LogP contribution in [0.4, 0.5) is 8.78 Å². The molecule has 5 nitrogen and oxygen atoms in total. The molecule has 1 aliphatic rings. The number of hydrogen-bond acceptors (Lipinski definition) is 3. The molecule has 0 bridgehead atoms. The molecular formula is C16H26F2N4O. The standard InChI is InChI=1S/C16H26F2N4O/c1-11(2)9-22-6-4-5-12(10-22)8-19-16(23)13-7-14(15(17)18)21(3)20-13/h7,11-12,15H,4-6,8-10H2,1-3H3,(H,19,23). The number of nitrogens with one attached hydrogen (secondary N) is 1. The van der Waals surface area contributed by atoms with Crippen molar-refractivity contribution in [2.75, 3.05) is 26.2 Å². The number of carbonyl (C=O) groups is 1. The van der Waals surface area contributed by atoms with Crippen LogP contribution in [0.2, 0.25) is 0 Å². The van der Waals surface area contributed by atoms with Gasteiger partial charge in [0.05, 0.1) is 0 Å². The van der Waals surface area contributed by atoms with Gasteiger partial charge in [-0.3, -0.25) is 9.48 Å². The Morgan fingerprint density at radius 2 is 2.22 bits per heavy atom. The molecule has 23 heavy (non-hydrogen) atoms. The average molecular weight is 328 g/mol. The summed E-state index contributed by atoms with van der Waals surface area (Å²) >= 11 is 0. The number of piperidine rings is 1. The van der Waals surface area contributed by atoms with E-state index in [1.54, 1.807) is 0 Å². The molecule has 130 valence electrons. The smallest absolute Gasteiger partial charge is 0.280 e. The van der Waals surface area contributed by atoms with Crippen LogP contribution in [0.5, 0.6) is 0 Å². The van der Waals surface area contributed by atoms with Gasteiger partial charge in [0.2, 0.25) is 0 Å². The summed E-state index contributed by atoms with van der Waals surface area (Å²) in [6, 6.07) is 1.16. The van der Waals surface area contributed by atoms with E-state index in [1.165, 1.54) is 7.05 Å². The zero-order valence-electron chi connectivity index (χ0n) is 14.1. The summed E-state index contributed by atoms with van der Waals surface area (Å²) in [7, 11) is 1.42. The predicted octanol–water partition coefficient (Wildman–Crippen LogP) is 2.46. The minimum atomic E-state index is -2.63. The van der Waals surface area contributed by atoms with Crippen molar-refractivity contribution >= 4 is 5.91 Å². The minimum Gasteiger partial charge on any atom is -0.350 e. The van der Waals surface area contributed by atoms with Crippen LogP contribution in [0.1, 0.15) is 49.3 Å².